The Morgan fingerprint density at radius 1 is 1.09 bits per heavy atom. The molecule has 0 bridgehead atoms. The van der Waals surface area contributed by atoms with Crippen LogP contribution in [0.4, 0.5) is 11.4 Å². The molecule has 4 aromatic rings. The first-order valence-electron chi connectivity index (χ1n) is 11.6. The van der Waals surface area contributed by atoms with E-state index in [0.29, 0.717) is 11.5 Å². The van der Waals surface area contributed by atoms with Crippen LogP contribution >= 0.6 is 12.2 Å². The number of rotatable bonds is 6. The Bertz CT molecular complexity index is 1350. The monoisotopic (exact) mass is 482 g/mol. The van der Waals surface area contributed by atoms with Gasteiger partial charge in [0.05, 0.1) is 23.6 Å². The zero-order valence-electron chi connectivity index (χ0n) is 19.6. The molecule has 5 rings (SSSR count). The molecule has 1 aliphatic heterocycles. The van der Waals surface area contributed by atoms with Crippen LogP contribution in [0.2, 0.25) is 0 Å². The van der Waals surface area contributed by atoms with Crippen LogP contribution in [-0.4, -0.2) is 25.6 Å². The van der Waals surface area contributed by atoms with Crippen LogP contribution in [0.3, 0.4) is 0 Å². The second-order valence-corrected chi connectivity index (χ2v) is 8.80. The Labute approximate surface area is 209 Å². The summed E-state index contributed by atoms with van der Waals surface area (Å²) in [4.78, 5) is 23.0. The fraction of sp³-hybridized carbons (Fsp3) is 0.185. The highest BCUT2D eigenvalue weighted by Crippen LogP contribution is 2.42. The second kappa shape index (κ2) is 9.68. The Morgan fingerprint density at radius 2 is 1.97 bits per heavy atom. The third-order valence-corrected chi connectivity index (χ3v) is 6.50. The van der Waals surface area contributed by atoms with Crippen molar-refractivity contribution in [3.63, 3.8) is 0 Å². The van der Waals surface area contributed by atoms with Gasteiger partial charge in [-0.3, -0.25) is 14.8 Å². The third kappa shape index (κ3) is 4.40. The molecule has 0 spiro atoms. The Balaban J connectivity index is 1.61. The number of aryl methyl sites for hydroxylation is 1. The number of pyridine rings is 2. The van der Waals surface area contributed by atoms with E-state index in [4.69, 9.17) is 12.2 Å². The van der Waals surface area contributed by atoms with E-state index in [1.54, 1.807) is 12.4 Å². The van der Waals surface area contributed by atoms with Crippen molar-refractivity contribution in [2.75, 3.05) is 10.2 Å². The normalized spacial score (nSPS) is 17.3. The smallest absolute Gasteiger partial charge is 0.224 e. The molecule has 176 valence electrons. The number of carbonyl (C=O) groups is 1. The number of hydrogen-bond donors (Lipinski definition) is 2. The molecule has 0 saturated carbocycles. The van der Waals surface area contributed by atoms with E-state index < -0.39 is 0 Å². The van der Waals surface area contributed by atoms with Crippen LogP contribution in [0.1, 0.15) is 42.4 Å². The number of aromatic nitrogens is 3. The zero-order chi connectivity index (χ0) is 24.4. The minimum atomic E-state index is -0.164. The highest BCUT2D eigenvalue weighted by molar-refractivity contribution is 7.80. The van der Waals surface area contributed by atoms with Gasteiger partial charge in [0.2, 0.25) is 5.91 Å². The molecule has 2 atom stereocenters. The lowest BCUT2D eigenvalue weighted by atomic mass is 10.0. The summed E-state index contributed by atoms with van der Waals surface area (Å²) in [6, 6.07) is 19.7. The second-order valence-electron chi connectivity index (χ2n) is 8.41. The van der Waals surface area contributed by atoms with Gasteiger partial charge in [0.25, 0.3) is 0 Å². The van der Waals surface area contributed by atoms with Crippen molar-refractivity contribution in [2.24, 2.45) is 0 Å². The minimum Gasteiger partial charge on any atom is -0.351 e. The van der Waals surface area contributed by atoms with Gasteiger partial charge in [-0.25, -0.2) is 0 Å². The lowest BCUT2D eigenvalue weighted by Gasteiger charge is -2.29. The van der Waals surface area contributed by atoms with Gasteiger partial charge in [-0.2, -0.15) is 0 Å². The summed E-state index contributed by atoms with van der Waals surface area (Å²) < 4.78 is 2.14. The van der Waals surface area contributed by atoms with Gasteiger partial charge >= 0.3 is 0 Å². The lowest BCUT2D eigenvalue weighted by Crippen LogP contribution is -2.30. The molecule has 0 radical (unpaired) electrons. The molecule has 7 nitrogen and oxygen atoms in total. The van der Waals surface area contributed by atoms with Gasteiger partial charge < -0.3 is 20.1 Å². The Hall–Kier alpha value is -4.04. The molecule has 1 aliphatic rings. The fourth-order valence-corrected chi connectivity index (χ4v) is 4.82. The van der Waals surface area contributed by atoms with E-state index in [9.17, 15) is 4.79 Å². The van der Waals surface area contributed by atoms with E-state index in [2.05, 4.69) is 42.2 Å². The number of nitrogens with one attached hydrogen (secondary N) is 2. The van der Waals surface area contributed by atoms with Crippen molar-refractivity contribution in [1.29, 1.82) is 0 Å². The predicted molar refractivity (Wildman–Crippen MR) is 142 cm³/mol. The van der Waals surface area contributed by atoms with E-state index in [0.717, 1.165) is 34.0 Å². The predicted octanol–water partition coefficient (Wildman–Crippen LogP) is 5.10. The summed E-state index contributed by atoms with van der Waals surface area (Å²) in [7, 11) is 0. The maximum absolute atomic E-state index is 11.9. The average Bonchev–Trinajstić information content (AvgIpc) is 3.50. The standard InChI is InChI=1S/C27H26N6OS/c1-3-24(34)30-21-12-11-19(16-18(21)2)33-26(25(31-27(33)35)22-9-4-5-14-29-22)23-10-7-15-32(23)20-8-6-13-28-17-20/h4-17,25-26H,3H2,1-2H3,(H,30,34)(H,31,35)/t25-,26+/m0/s1. The molecule has 8 heteroatoms. The van der Waals surface area contributed by atoms with Gasteiger partial charge in [0, 0.05) is 42.1 Å². The largest absolute Gasteiger partial charge is 0.351 e. The summed E-state index contributed by atoms with van der Waals surface area (Å²) in [6.45, 7) is 3.83. The molecule has 0 aliphatic carbocycles. The molecular weight excluding hydrogens is 456 g/mol. The van der Waals surface area contributed by atoms with Crippen molar-refractivity contribution in [3.8, 4) is 5.69 Å². The zero-order valence-corrected chi connectivity index (χ0v) is 20.4. The Kier molecular flexibility index (Phi) is 6.29. The molecule has 4 heterocycles. The van der Waals surface area contributed by atoms with Crippen LogP contribution < -0.4 is 15.5 Å². The summed E-state index contributed by atoms with van der Waals surface area (Å²) in [5.41, 5.74) is 5.65. The lowest BCUT2D eigenvalue weighted by molar-refractivity contribution is -0.115. The average molecular weight is 483 g/mol. The SMILES string of the molecule is CCC(=O)Nc1ccc(N2C(=S)N[C@@H](c3ccccn3)[C@H]2c2cccn2-c2cccnc2)cc1C. The van der Waals surface area contributed by atoms with Crippen LogP contribution in [-0.2, 0) is 4.79 Å². The molecule has 1 aromatic carbocycles. The highest BCUT2D eigenvalue weighted by atomic mass is 32.1. The van der Waals surface area contributed by atoms with E-state index in [-0.39, 0.29) is 18.0 Å². The van der Waals surface area contributed by atoms with Crippen molar-refractivity contribution >= 4 is 34.6 Å². The number of hydrogen-bond acceptors (Lipinski definition) is 4. The molecular formula is C27H26N6OS. The first-order valence-corrected chi connectivity index (χ1v) is 12.0. The summed E-state index contributed by atoms with van der Waals surface area (Å²) >= 11 is 5.87. The fourth-order valence-electron chi connectivity index (χ4n) is 4.48. The van der Waals surface area contributed by atoms with Crippen LogP contribution in [0.25, 0.3) is 5.69 Å². The summed E-state index contributed by atoms with van der Waals surface area (Å²) in [5.74, 6) is -0.0124. The molecule has 3 aromatic heterocycles. The quantitative estimate of drug-likeness (QED) is 0.373. The number of amides is 1. The van der Waals surface area contributed by atoms with Gasteiger partial charge in [-0.15, -0.1) is 0 Å². The molecule has 2 N–H and O–H groups in total. The van der Waals surface area contributed by atoms with Gasteiger partial charge in [0.1, 0.15) is 6.04 Å². The minimum absolute atomic E-state index is 0.0124. The van der Waals surface area contributed by atoms with E-state index in [1.807, 2.05) is 74.8 Å². The molecule has 1 amide bonds. The maximum atomic E-state index is 11.9. The van der Waals surface area contributed by atoms with E-state index >= 15 is 0 Å². The Morgan fingerprint density at radius 3 is 2.69 bits per heavy atom. The van der Waals surface area contributed by atoms with Gasteiger partial charge in [-0.1, -0.05) is 13.0 Å². The molecule has 1 saturated heterocycles. The summed E-state index contributed by atoms with van der Waals surface area (Å²) in [6.07, 6.45) is 7.88. The van der Waals surface area contributed by atoms with E-state index in [1.165, 1.54) is 0 Å². The topological polar surface area (TPSA) is 75.1 Å². The van der Waals surface area contributed by atoms with Crippen LogP contribution in [0, 0.1) is 6.92 Å². The first-order chi connectivity index (χ1) is 17.1. The number of carbonyl (C=O) groups excluding carboxylic acids is 1. The third-order valence-electron chi connectivity index (χ3n) is 6.19. The molecule has 35 heavy (non-hydrogen) atoms. The summed E-state index contributed by atoms with van der Waals surface area (Å²) in [5, 5.41) is 7.09. The van der Waals surface area contributed by atoms with Gasteiger partial charge in [0.15, 0.2) is 5.11 Å². The van der Waals surface area contributed by atoms with Crippen molar-refractivity contribution in [3.05, 3.63) is 102 Å². The first kappa shape index (κ1) is 22.7. The van der Waals surface area contributed by atoms with Crippen molar-refractivity contribution < 1.29 is 4.79 Å². The van der Waals surface area contributed by atoms with Gasteiger partial charge in [-0.05, 0) is 79.3 Å². The number of nitrogens with zero attached hydrogens (tertiary/aromatic N) is 4. The number of anilines is 2. The maximum Gasteiger partial charge on any atom is 0.224 e. The van der Waals surface area contributed by atoms with Crippen molar-refractivity contribution in [1.82, 2.24) is 19.9 Å². The van der Waals surface area contributed by atoms with Crippen molar-refractivity contribution in [2.45, 2.75) is 32.4 Å². The highest BCUT2D eigenvalue weighted by Gasteiger charge is 2.42. The number of benzene rings is 1. The number of thiocarbonyl (C=S) groups is 1. The molecule has 1 fully saturated rings. The van der Waals surface area contributed by atoms with Crippen LogP contribution in [0.5, 0.6) is 0 Å². The molecule has 0 unspecified atom stereocenters. The van der Waals surface area contributed by atoms with Crippen LogP contribution in [0.15, 0.2) is 85.5 Å².